The van der Waals surface area contributed by atoms with Crippen LogP contribution in [0.3, 0.4) is 0 Å². The fraction of sp³-hybridized carbons (Fsp3) is 0.292. The van der Waals surface area contributed by atoms with Gasteiger partial charge in [-0.25, -0.2) is 9.48 Å². The summed E-state index contributed by atoms with van der Waals surface area (Å²) in [5, 5.41) is 19.7. The highest BCUT2D eigenvalue weighted by molar-refractivity contribution is 7.98. The first-order valence-electron chi connectivity index (χ1n) is 10.8. The van der Waals surface area contributed by atoms with Gasteiger partial charge in [-0.05, 0) is 44.4 Å². The molecule has 0 saturated heterocycles. The number of hydrogen-bond acceptors (Lipinski definition) is 8. The lowest BCUT2D eigenvalue weighted by Gasteiger charge is -2.27. The number of nitrogens with zero attached hydrogens (tertiary/aromatic N) is 4. The Morgan fingerprint density at radius 2 is 2.03 bits per heavy atom. The van der Waals surface area contributed by atoms with Crippen molar-refractivity contribution in [2.24, 2.45) is 0 Å². The minimum atomic E-state index is -0.710. The van der Waals surface area contributed by atoms with Crippen molar-refractivity contribution >= 4 is 29.4 Å². The van der Waals surface area contributed by atoms with Gasteiger partial charge in [0.25, 0.3) is 5.69 Å². The summed E-state index contributed by atoms with van der Waals surface area (Å²) >= 11 is 1.49. The van der Waals surface area contributed by atoms with Gasteiger partial charge in [0.15, 0.2) is 0 Å². The smallest absolute Gasteiger partial charge is 0.338 e. The number of rotatable bonds is 7. The predicted molar refractivity (Wildman–Crippen MR) is 130 cm³/mol. The number of aromatic nitrogens is 3. The maximum Gasteiger partial charge on any atom is 0.338 e. The molecular weight excluding hydrogens is 454 g/mol. The van der Waals surface area contributed by atoms with E-state index >= 15 is 0 Å². The molecule has 9 nitrogen and oxygen atoms in total. The number of nitrogens with one attached hydrogen (secondary N) is 1. The number of benzene rings is 2. The molecule has 0 spiro atoms. The average molecular weight is 480 g/mol. The van der Waals surface area contributed by atoms with Crippen LogP contribution in [0, 0.1) is 24.0 Å². The van der Waals surface area contributed by atoms with E-state index < -0.39 is 16.9 Å². The Bertz CT molecular complexity index is 1300. The molecular formula is C24H25N5O4S. The summed E-state index contributed by atoms with van der Waals surface area (Å²) in [4.78, 5) is 28.4. The third-order valence-electron chi connectivity index (χ3n) is 5.58. The van der Waals surface area contributed by atoms with Crippen LogP contribution >= 0.6 is 11.8 Å². The van der Waals surface area contributed by atoms with Crippen molar-refractivity contribution < 1.29 is 14.5 Å². The van der Waals surface area contributed by atoms with Gasteiger partial charge in [0.2, 0.25) is 11.1 Å². The third-order valence-corrected chi connectivity index (χ3v) is 6.47. The van der Waals surface area contributed by atoms with Crippen LogP contribution in [0.5, 0.6) is 0 Å². The lowest BCUT2D eigenvalue weighted by Crippen LogP contribution is -2.29. The summed E-state index contributed by atoms with van der Waals surface area (Å²) in [5.41, 5.74) is 4.99. The summed E-state index contributed by atoms with van der Waals surface area (Å²) in [6, 6.07) is 11.8. The molecule has 0 amide bonds. The second kappa shape index (κ2) is 9.68. The number of esters is 1. The molecule has 1 unspecified atom stereocenters. The second-order valence-electron chi connectivity index (χ2n) is 8.02. The number of non-ortho nitro benzene ring substituents is 1. The van der Waals surface area contributed by atoms with Crippen molar-refractivity contribution in [3.05, 3.63) is 86.1 Å². The van der Waals surface area contributed by atoms with Gasteiger partial charge in [-0.15, -0.1) is 5.10 Å². The van der Waals surface area contributed by atoms with Crippen molar-refractivity contribution in [1.82, 2.24) is 14.8 Å². The molecule has 0 saturated carbocycles. The summed E-state index contributed by atoms with van der Waals surface area (Å²) in [5.74, 6) is 0.647. The van der Waals surface area contributed by atoms with E-state index in [1.54, 1.807) is 30.7 Å². The van der Waals surface area contributed by atoms with Crippen molar-refractivity contribution in [3.8, 4) is 0 Å². The highest BCUT2D eigenvalue weighted by Gasteiger charge is 2.35. The minimum Gasteiger partial charge on any atom is -0.463 e. The fourth-order valence-electron chi connectivity index (χ4n) is 3.93. The van der Waals surface area contributed by atoms with Gasteiger partial charge in [0.1, 0.15) is 6.04 Å². The van der Waals surface area contributed by atoms with Crippen LogP contribution in [0.25, 0.3) is 0 Å². The topological polar surface area (TPSA) is 112 Å². The van der Waals surface area contributed by atoms with Crippen molar-refractivity contribution in [2.45, 2.75) is 44.6 Å². The highest BCUT2D eigenvalue weighted by atomic mass is 32.2. The zero-order chi connectivity index (χ0) is 24.4. The van der Waals surface area contributed by atoms with Crippen LogP contribution < -0.4 is 5.32 Å². The first kappa shape index (κ1) is 23.5. The molecule has 1 N–H and O–H groups in total. The summed E-state index contributed by atoms with van der Waals surface area (Å²) in [6.07, 6.45) is 0. The fourth-order valence-corrected chi connectivity index (χ4v) is 4.84. The Labute approximate surface area is 201 Å². The number of carbonyl (C=O) groups is 1. The molecule has 1 aliphatic rings. The zero-order valence-electron chi connectivity index (χ0n) is 19.4. The number of nitro benzene ring substituents is 1. The Balaban J connectivity index is 1.72. The van der Waals surface area contributed by atoms with Crippen LogP contribution in [0.1, 0.15) is 42.1 Å². The van der Waals surface area contributed by atoms with Crippen LogP contribution in [0.4, 0.5) is 11.6 Å². The minimum absolute atomic E-state index is 0.0667. The number of aryl methyl sites for hydroxylation is 2. The number of carbonyl (C=O) groups excluding carboxylic acids is 1. The van der Waals surface area contributed by atoms with E-state index in [1.807, 2.05) is 0 Å². The summed E-state index contributed by atoms with van der Waals surface area (Å²) < 4.78 is 6.89. The molecule has 10 heteroatoms. The molecule has 1 atom stereocenters. The van der Waals surface area contributed by atoms with E-state index in [-0.39, 0.29) is 12.3 Å². The quantitative estimate of drug-likeness (QED) is 0.219. The van der Waals surface area contributed by atoms with Gasteiger partial charge in [-0.1, -0.05) is 47.7 Å². The predicted octanol–water partition coefficient (Wildman–Crippen LogP) is 4.95. The number of ether oxygens (including phenoxy) is 1. The first-order chi connectivity index (χ1) is 16.3. The molecule has 34 heavy (non-hydrogen) atoms. The van der Waals surface area contributed by atoms with Crippen molar-refractivity contribution in [1.29, 1.82) is 0 Å². The van der Waals surface area contributed by atoms with E-state index in [9.17, 15) is 14.9 Å². The number of allylic oxidation sites excluding steroid dienone is 1. The molecule has 2 heterocycles. The maximum atomic E-state index is 12.9. The van der Waals surface area contributed by atoms with E-state index in [0.717, 1.165) is 0 Å². The number of fused-ring (bicyclic) bond motifs is 1. The zero-order valence-corrected chi connectivity index (χ0v) is 20.2. The molecule has 0 bridgehead atoms. The Kier molecular flexibility index (Phi) is 6.69. The van der Waals surface area contributed by atoms with Gasteiger partial charge < -0.3 is 10.1 Å². The third kappa shape index (κ3) is 4.67. The molecule has 0 aliphatic carbocycles. The molecule has 1 aromatic heterocycles. The van der Waals surface area contributed by atoms with E-state index in [4.69, 9.17) is 4.74 Å². The van der Waals surface area contributed by atoms with Gasteiger partial charge in [-0.3, -0.25) is 10.1 Å². The average Bonchev–Trinajstić information content (AvgIpc) is 3.20. The van der Waals surface area contributed by atoms with Gasteiger partial charge in [-0.2, -0.15) is 4.98 Å². The van der Waals surface area contributed by atoms with Crippen LogP contribution in [-0.4, -0.2) is 32.3 Å². The van der Waals surface area contributed by atoms with Crippen molar-refractivity contribution in [2.75, 3.05) is 11.9 Å². The number of hydrogen-bond donors (Lipinski definition) is 1. The Morgan fingerprint density at radius 3 is 2.74 bits per heavy atom. The lowest BCUT2D eigenvalue weighted by molar-refractivity contribution is -0.384. The number of anilines is 1. The largest absolute Gasteiger partial charge is 0.463 e. The number of nitro groups is 1. The monoisotopic (exact) mass is 479 g/mol. The summed E-state index contributed by atoms with van der Waals surface area (Å²) in [7, 11) is 0. The SMILES string of the molecule is CCOC(=O)C1=C(C)Nc2nc(SCc3ccc(C)cc3C)nn2C1c1cccc([N+](=O)[O-])c1. The lowest BCUT2D eigenvalue weighted by atomic mass is 9.95. The van der Waals surface area contributed by atoms with Crippen LogP contribution in [-0.2, 0) is 15.3 Å². The Morgan fingerprint density at radius 1 is 1.24 bits per heavy atom. The highest BCUT2D eigenvalue weighted by Crippen LogP contribution is 2.38. The van der Waals surface area contributed by atoms with E-state index in [1.165, 1.54) is 40.6 Å². The molecule has 3 aromatic rings. The molecule has 0 fully saturated rings. The normalized spacial score (nSPS) is 15.0. The van der Waals surface area contributed by atoms with Crippen LogP contribution in [0.2, 0.25) is 0 Å². The van der Waals surface area contributed by atoms with E-state index in [0.29, 0.717) is 33.7 Å². The summed E-state index contributed by atoms with van der Waals surface area (Å²) in [6.45, 7) is 7.84. The molecule has 0 radical (unpaired) electrons. The molecule has 176 valence electrons. The molecule has 1 aliphatic heterocycles. The maximum absolute atomic E-state index is 12.9. The second-order valence-corrected chi connectivity index (χ2v) is 8.96. The van der Waals surface area contributed by atoms with Gasteiger partial charge in [0.05, 0.1) is 17.1 Å². The van der Waals surface area contributed by atoms with Gasteiger partial charge in [0, 0.05) is 23.6 Å². The Hall–Kier alpha value is -3.66. The van der Waals surface area contributed by atoms with E-state index in [2.05, 4.69) is 47.4 Å². The van der Waals surface area contributed by atoms with Crippen LogP contribution in [0.15, 0.2) is 58.9 Å². The number of thioether (sulfide) groups is 1. The first-order valence-corrected chi connectivity index (χ1v) is 11.8. The molecule has 2 aromatic carbocycles. The molecule has 4 rings (SSSR count). The standard InChI is InChI=1S/C24H25N5O4S/c1-5-33-22(30)20-16(4)25-23-26-24(34-13-18-10-9-14(2)11-15(18)3)27-28(23)21(20)17-7-6-8-19(12-17)29(31)32/h6-12,21H,5,13H2,1-4H3,(H,25,26,27). The van der Waals surface area contributed by atoms with Crippen molar-refractivity contribution in [3.63, 3.8) is 0 Å². The van der Waals surface area contributed by atoms with Gasteiger partial charge >= 0.3 is 5.97 Å².